The van der Waals surface area contributed by atoms with Crippen molar-refractivity contribution in [2.75, 3.05) is 20.2 Å². The minimum Gasteiger partial charge on any atom is -0.496 e. The third-order valence-corrected chi connectivity index (χ3v) is 3.31. The van der Waals surface area contributed by atoms with Crippen molar-refractivity contribution in [3.63, 3.8) is 0 Å². The quantitative estimate of drug-likeness (QED) is 0.793. The Bertz CT molecular complexity index is 576. The van der Waals surface area contributed by atoms with Crippen LogP contribution < -0.4 is 10.1 Å². The van der Waals surface area contributed by atoms with Gasteiger partial charge in [0.15, 0.2) is 11.7 Å². The van der Waals surface area contributed by atoms with Crippen LogP contribution in [0.3, 0.4) is 0 Å². The van der Waals surface area contributed by atoms with Gasteiger partial charge in [-0.1, -0.05) is 26.0 Å². The van der Waals surface area contributed by atoms with Gasteiger partial charge in [0.05, 0.1) is 13.3 Å². The normalized spacial score (nSPS) is 11.1. The Hall–Kier alpha value is -1.81. The molecule has 21 heavy (non-hydrogen) atoms. The number of aryl methyl sites for hydroxylation is 1. The van der Waals surface area contributed by atoms with Crippen LogP contribution in [0.1, 0.15) is 25.3 Å². The molecule has 0 aliphatic carbocycles. The van der Waals surface area contributed by atoms with E-state index in [0.29, 0.717) is 5.92 Å². The molecule has 2 aromatic rings. The molecule has 0 bridgehead atoms. The van der Waals surface area contributed by atoms with E-state index in [1.165, 1.54) is 0 Å². The minimum atomic E-state index is 0.658. The first-order chi connectivity index (χ1) is 10.1. The van der Waals surface area contributed by atoms with Crippen LogP contribution in [-0.4, -0.2) is 25.2 Å². The standard InChI is InChI=1S/C17H24N2O2/c1-12(2)10-18-8-7-17-19-11-16(21-17)14-6-5-13(3)15(9-14)20-4/h5-6,9,11-12,18H,7-8,10H2,1-4H3. The SMILES string of the molecule is COc1cc(-c2cnc(CCNCC(C)C)o2)ccc1C. The number of ether oxygens (including phenoxy) is 1. The van der Waals surface area contributed by atoms with Crippen molar-refractivity contribution in [3.8, 4) is 17.1 Å². The highest BCUT2D eigenvalue weighted by Crippen LogP contribution is 2.27. The first kappa shape index (κ1) is 15.6. The van der Waals surface area contributed by atoms with Crippen LogP contribution in [0.25, 0.3) is 11.3 Å². The maximum atomic E-state index is 5.81. The number of nitrogens with zero attached hydrogens (tertiary/aromatic N) is 1. The van der Waals surface area contributed by atoms with Gasteiger partial charge in [-0.25, -0.2) is 4.98 Å². The van der Waals surface area contributed by atoms with Crippen LogP contribution in [0, 0.1) is 12.8 Å². The Kier molecular flexibility index (Phi) is 5.39. The fraction of sp³-hybridized carbons (Fsp3) is 0.471. The van der Waals surface area contributed by atoms with Gasteiger partial charge in [-0.05, 0) is 31.0 Å². The van der Waals surface area contributed by atoms with Gasteiger partial charge in [0.25, 0.3) is 0 Å². The molecule has 1 aromatic carbocycles. The largest absolute Gasteiger partial charge is 0.496 e. The van der Waals surface area contributed by atoms with E-state index in [0.717, 1.165) is 48.0 Å². The van der Waals surface area contributed by atoms with Gasteiger partial charge in [0.2, 0.25) is 0 Å². The number of benzene rings is 1. The lowest BCUT2D eigenvalue weighted by Gasteiger charge is -2.06. The summed E-state index contributed by atoms with van der Waals surface area (Å²) in [6.07, 6.45) is 2.58. The zero-order valence-corrected chi connectivity index (χ0v) is 13.3. The summed E-state index contributed by atoms with van der Waals surface area (Å²) in [4.78, 5) is 4.34. The molecule has 1 N–H and O–H groups in total. The van der Waals surface area contributed by atoms with Gasteiger partial charge in [0.1, 0.15) is 5.75 Å². The Morgan fingerprint density at radius 3 is 2.86 bits per heavy atom. The lowest BCUT2D eigenvalue weighted by atomic mass is 10.1. The Morgan fingerprint density at radius 1 is 1.33 bits per heavy atom. The van der Waals surface area contributed by atoms with E-state index in [9.17, 15) is 0 Å². The van der Waals surface area contributed by atoms with Gasteiger partial charge in [-0.2, -0.15) is 0 Å². The molecule has 1 aromatic heterocycles. The summed E-state index contributed by atoms with van der Waals surface area (Å²) in [5.74, 6) is 3.07. The summed E-state index contributed by atoms with van der Waals surface area (Å²) < 4.78 is 11.2. The van der Waals surface area contributed by atoms with E-state index in [2.05, 4.69) is 24.1 Å². The Balaban J connectivity index is 1.99. The molecule has 114 valence electrons. The maximum absolute atomic E-state index is 5.81. The number of rotatable bonds is 7. The maximum Gasteiger partial charge on any atom is 0.196 e. The molecule has 1 heterocycles. The second-order valence-corrected chi connectivity index (χ2v) is 5.65. The Labute approximate surface area is 126 Å². The minimum absolute atomic E-state index is 0.658. The summed E-state index contributed by atoms with van der Waals surface area (Å²) in [6.45, 7) is 8.31. The van der Waals surface area contributed by atoms with Crippen LogP contribution >= 0.6 is 0 Å². The van der Waals surface area contributed by atoms with Crippen molar-refractivity contribution in [3.05, 3.63) is 35.9 Å². The number of aromatic nitrogens is 1. The van der Waals surface area contributed by atoms with E-state index < -0.39 is 0 Å². The summed E-state index contributed by atoms with van der Waals surface area (Å²) in [5.41, 5.74) is 2.10. The fourth-order valence-electron chi connectivity index (χ4n) is 2.12. The average molecular weight is 288 g/mol. The highest BCUT2D eigenvalue weighted by molar-refractivity contribution is 5.60. The highest BCUT2D eigenvalue weighted by atomic mass is 16.5. The predicted molar refractivity (Wildman–Crippen MR) is 84.6 cm³/mol. The van der Waals surface area contributed by atoms with Crippen molar-refractivity contribution in [2.24, 2.45) is 5.92 Å². The summed E-state index contributed by atoms with van der Waals surface area (Å²) >= 11 is 0. The smallest absolute Gasteiger partial charge is 0.196 e. The molecule has 4 heteroatoms. The molecule has 0 spiro atoms. The molecule has 2 rings (SSSR count). The summed E-state index contributed by atoms with van der Waals surface area (Å²) in [7, 11) is 1.68. The van der Waals surface area contributed by atoms with Crippen molar-refractivity contribution >= 4 is 0 Å². The number of nitrogens with one attached hydrogen (secondary N) is 1. The topological polar surface area (TPSA) is 47.3 Å². The van der Waals surface area contributed by atoms with Gasteiger partial charge >= 0.3 is 0 Å². The third kappa shape index (κ3) is 4.33. The second-order valence-electron chi connectivity index (χ2n) is 5.65. The average Bonchev–Trinajstić information content (AvgIpc) is 2.93. The zero-order valence-electron chi connectivity index (χ0n) is 13.3. The lowest BCUT2D eigenvalue weighted by molar-refractivity contribution is 0.411. The monoisotopic (exact) mass is 288 g/mol. The number of methoxy groups -OCH3 is 1. The molecular formula is C17H24N2O2. The van der Waals surface area contributed by atoms with E-state index in [4.69, 9.17) is 9.15 Å². The van der Waals surface area contributed by atoms with Crippen LogP contribution in [0.5, 0.6) is 5.75 Å². The van der Waals surface area contributed by atoms with Crippen molar-refractivity contribution in [1.82, 2.24) is 10.3 Å². The van der Waals surface area contributed by atoms with Crippen molar-refractivity contribution < 1.29 is 9.15 Å². The summed E-state index contributed by atoms with van der Waals surface area (Å²) in [5, 5.41) is 3.39. The van der Waals surface area contributed by atoms with E-state index >= 15 is 0 Å². The number of oxazole rings is 1. The molecule has 0 atom stereocenters. The van der Waals surface area contributed by atoms with Crippen LogP contribution in [-0.2, 0) is 6.42 Å². The van der Waals surface area contributed by atoms with Gasteiger partial charge < -0.3 is 14.5 Å². The number of hydrogen-bond donors (Lipinski definition) is 1. The molecule has 4 nitrogen and oxygen atoms in total. The van der Waals surface area contributed by atoms with Crippen molar-refractivity contribution in [2.45, 2.75) is 27.2 Å². The molecule has 0 saturated heterocycles. The van der Waals surface area contributed by atoms with Crippen LogP contribution in [0.4, 0.5) is 0 Å². The molecule has 0 amide bonds. The van der Waals surface area contributed by atoms with Gasteiger partial charge in [-0.3, -0.25) is 0 Å². The lowest BCUT2D eigenvalue weighted by Crippen LogP contribution is -2.22. The van der Waals surface area contributed by atoms with Crippen LogP contribution in [0.2, 0.25) is 0 Å². The number of hydrogen-bond acceptors (Lipinski definition) is 4. The molecule has 0 unspecified atom stereocenters. The van der Waals surface area contributed by atoms with Crippen molar-refractivity contribution in [1.29, 1.82) is 0 Å². The first-order valence-electron chi connectivity index (χ1n) is 7.40. The molecule has 0 radical (unpaired) electrons. The molecule has 0 aliphatic heterocycles. The predicted octanol–water partition coefficient (Wildman–Crippen LogP) is 3.45. The summed E-state index contributed by atoms with van der Waals surface area (Å²) in [6, 6.07) is 6.04. The molecule has 0 fully saturated rings. The van der Waals surface area contributed by atoms with Crippen LogP contribution in [0.15, 0.2) is 28.8 Å². The second kappa shape index (κ2) is 7.27. The highest BCUT2D eigenvalue weighted by Gasteiger charge is 2.08. The van der Waals surface area contributed by atoms with E-state index in [1.54, 1.807) is 13.3 Å². The van der Waals surface area contributed by atoms with E-state index in [-0.39, 0.29) is 0 Å². The first-order valence-corrected chi connectivity index (χ1v) is 7.40. The van der Waals surface area contributed by atoms with Gasteiger partial charge in [-0.15, -0.1) is 0 Å². The third-order valence-electron chi connectivity index (χ3n) is 3.31. The van der Waals surface area contributed by atoms with Gasteiger partial charge in [0, 0.05) is 18.5 Å². The Morgan fingerprint density at radius 2 is 2.14 bits per heavy atom. The van der Waals surface area contributed by atoms with E-state index in [1.807, 2.05) is 25.1 Å². The fourth-order valence-corrected chi connectivity index (χ4v) is 2.12. The molecular weight excluding hydrogens is 264 g/mol. The zero-order chi connectivity index (χ0) is 15.2. The molecule has 0 aliphatic rings. The molecule has 0 saturated carbocycles.